The second-order valence-electron chi connectivity index (χ2n) is 7.60. The monoisotopic (exact) mass is 534 g/mol. The van der Waals surface area contributed by atoms with Crippen LogP contribution in [-0.2, 0) is 17.6 Å². The lowest BCUT2D eigenvalue weighted by Gasteiger charge is -2.26. The summed E-state index contributed by atoms with van der Waals surface area (Å²) < 4.78 is 9.02. The van der Waals surface area contributed by atoms with Crippen molar-refractivity contribution in [2.75, 3.05) is 0 Å². The van der Waals surface area contributed by atoms with E-state index in [2.05, 4.69) is 141 Å². The van der Waals surface area contributed by atoms with Crippen LogP contribution in [-0.4, -0.2) is 0 Å². The van der Waals surface area contributed by atoms with E-state index < -0.39 is 0 Å². The van der Waals surface area contributed by atoms with E-state index >= 15 is 0 Å². The Labute approximate surface area is 201 Å². The molecule has 0 heterocycles. The van der Waals surface area contributed by atoms with Gasteiger partial charge in [0.2, 0.25) is 0 Å². The molecule has 0 amide bonds. The Morgan fingerprint density at radius 3 is 1.19 bits per heavy atom. The quantitative estimate of drug-likeness (QED) is 0.220. The topological polar surface area (TPSA) is 9.23 Å². The van der Waals surface area contributed by atoms with Gasteiger partial charge >= 0.3 is 0 Å². The Morgan fingerprint density at radius 2 is 0.839 bits per heavy atom. The number of halogens is 2. The van der Waals surface area contributed by atoms with Gasteiger partial charge in [-0.2, -0.15) is 0 Å². The minimum atomic E-state index is -0.0483. The third kappa shape index (κ3) is 6.39. The molecule has 1 nitrogen and oxygen atoms in total. The molecule has 0 aliphatic carbocycles. The lowest BCUT2D eigenvalue weighted by molar-refractivity contribution is -0.0149. The van der Waals surface area contributed by atoms with E-state index in [9.17, 15) is 0 Å². The lowest BCUT2D eigenvalue weighted by Crippen LogP contribution is -2.15. The number of ether oxygens (including phenoxy) is 1. The van der Waals surface area contributed by atoms with E-state index in [1.807, 2.05) is 0 Å². The van der Waals surface area contributed by atoms with Crippen LogP contribution in [0.25, 0.3) is 0 Å². The molecule has 4 rings (SSSR count). The summed E-state index contributed by atoms with van der Waals surface area (Å²) in [6.45, 7) is 0. The van der Waals surface area contributed by atoms with Crippen LogP contribution in [0, 0.1) is 0 Å². The van der Waals surface area contributed by atoms with Gasteiger partial charge in [0.15, 0.2) is 0 Å². The highest BCUT2D eigenvalue weighted by Crippen LogP contribution is 2.33. The predicted molar refractivity (Wildman–Crippen MR) is 135 cm³/mol. The number of rotatable bonds is 8. The highest BCUT2D eigenvalue weighted by Gasteiger charge is 2.21. The van der Waals surface area contributed by atoms with Crippen LogP contribution < -0.4 is 0 Å². The number of hydrogen-bond donors (Lipinski definition) is 0. The SMILES string of the molecule is Brc1ccc(C(Cc2ccccc2)OC(Cc2ccccc2)c2ccc(Br)cc2)cc1. The number of hydrogen-bond acceptors (Lipinski definition) is 1. The van der Waals surface area contributed by atoms with Crippen molar-refractivity contribution in [1.82, 2.24) is 0 Å². The molecule has 156 valence electrons. The first-order valence-electron chi connectivity index (χ1n) is 10.4. The zero-order chi connectivity index (χ0) is 21.5. The third-order valence-electron chi connectivity index (χ3n) is 5.34. The standard InChI is InChI=1S/C28H24Br2O/c29-25-15-11-23(12-16-25)27(19-21-7-3-1-4-8-21)31-28(20-22-9-5-2-6-10-22)24-13-17-26(30)18-14-24/h1-18,27-28H,19-20H2. The fourth-order valence-electron chi connectivity index (χ4n) is 3.70. The fourth-order valence-corrected chi connectivity index (χ4v) is 4.23. The molecule has 0 aliphatic heterocycles. The van der Waals surface area contributed by atoms with Gasteiger partial charge in [0, 0.05) is 21.8 Å². The highest BCUT2D eigenvalue weighted by molar-refractivity contribution is 9.10. The molecule has 0 saturated carbocycles. The van der Waals surface area contributed by atoms with Crippen LogP contribution in [0.4, 0.5) is 0 Å². The van der Waals surface area contributed by atoms with Crippen LogP contribution >= 0.6 is 31.9 Å². The molecule has 0 radical (unpaired) electrons. The molecule has 2 atom stereocenters. The Hall–Kier alpha value is -2.20. The average Bonchev–Trinajstić information content (AvgIpc) is 2.80. The molecule has 0 N–H and O–H groups in total. The van der Waals surface area contributed by atoms with Gasteiger partial charge < -0.3 is 4.74 Å². The van der Waals surface area contributed by atoms with Crippen molar-refractivity contribution in [3.8, 4) is 0 Å². The van der Waals surface area contributed by atoms with E-state index in [0.29, 0.717) is 0 Å². The predicted octanol–water partition coefficient (Wildman–Crippen LogP) is 8.50. The highest BCUT2D eigenvalue weighted by atomic mass is 79.9. The van der Waals surface area contributed by atoms with E-state index in [1.54, 1.807) is 0 Å². The summed E-state index contributed by atoms with van der Waals surface area (Å²) in [7, 11) is 0. The van der Waals surface area contributed by atoms with Crippen molar-refractivity contribution in [2.24, 2.45) is 0 Å². The summed E-state index contributed by atoms with van der Waals surface area (Å²) in [5, 5.41) is 0. The molecule has 0 spiro atoms. The summed E-state index contributed by atoms with van der Waals surface area (Å²) in [5.74, 6) is 0. The van der Waals surface area contributed by atoms with Crippen molar-refractivity contribution in [3.63, 3.8) is 0 Å². The summed E-state index contributed by atoms with van der Waals surface area (Å²) in [6.07, 6.45) is 1.55. The van der Waals surface area contributed by atoms with E-state index in [1.165, 1.54) is 22.3 Å². The summed E-state index contributed by atoms with van der Waals surface area (Å²) in [4.78, 5) is 0. The molecule has 0 saturated heterocycles. The van der Waals surface area contributed by atoms with Crippen molar-refractivity contribution in [3.05, 3.63) is 140 Å². The summed E-state index contributed by atoms with van der Waals surface area (Å²) >= 11 is 7.11. The van der Waals surface area contributed by atoms with Crippen LogP contribution in [0.5, 0.6) is 0 Å². The molecule has 31 heavy (non-hydrogen) atoms. The molecular formula is C28H24Br2O. The van der Waals surface area contributed by atoms with Crippen molar-refractivity contribution in [2.45, 2.75) is 25.0 Å². The van der Waals surface area contributed by atoms with Crippen molar-refractivity contribution in [1.29, 1.82) is 0 Å². The van der Waals surface area contributed by atoms with Crippen LogP contribution in [0.15, 0.2) is 118 Å². The Morgan fingerprint density at radius 1 is 0.484 bits per heavy atom. The second-order valence-corrected chi connectivity index (χ2v) is 9.43. The fraction of sp³-hybridized carbons (Fsp3) is 0.143. The first-order valence-corrected chi connectivity index (χ1v) is 12.0. The lowest BCUT2D eigenvalue weighted by atomic mass is 9.98. The molecule has 4 aromatic rings. The van der Waals surface area contributed by atoms with Gasteiger partial charge in [0.1, 0.15) is 0 Å². The number of benzene rings is 4. The van der Waals surface area contributed by atoms with Gasteiger partial charge in [-0.15, -0.1) is 0 Å². The maximum absolute atomic E-state index is 6.88. The van der Waals surface area contributed by atoms with E-state index in [-0.39, 0.29) is 12.2 Å². The first kappa shape index (κ1) is 22.0. The summed E-state index contributed by atoms with van der Waals surface area (Å²) in [6, 6.07) is 38.1. The third-order valence-corrected chi connectivity index (χ3v) is 6.40. The maximum atomic E-state index is 6.88. The van der Waals surface area contributed by atoms with Gasteiger partial charge in [-0.3, -0.25) is 0 Å². The molecule has 0 aliphatic rings. The normalized spacial score (nSPS) is 13.0. The van der Waals surface area contributed by atoms with Crippen LogP contribution in [0.2, 0.25) is 0 Å². The maximum Gasteiger partial charge on any atom is 0.0873 e. The summed E-state index contributed by atoms with van der Waals surface area (Å²) in [5.41, 5.74) is 4.90. The van der Waals surface area contributed by atoms with Crippen molar-refractivity contribution < 1.29 is 4.74 Å². The zero-order valence-electron chi connectivity index (χ0n) is 17.1. The van der Waals surface area contributed by atoms with Crippen LogP contribution in [0.3, 0.4) is 0 Å². The minimum absolute atomic E-state index is 0.0483. The molecule has 0 bridgehead atoms. The molecule has 0 aromatic heterocycles. The van der Waals surface area contributed by atoms with Crippen LogP contribution in [0.1, 0.15) is 34.5 Å². The van der Waals surface area contributed by atoms with Gasteiger partial charge in [-0.25, -0.2) is 0 Å². The van der Waals surface area contributed by atoms with Crippen molar-refractivity contribution >= 4 is 31.9 Å². The Bertz CT molecular complexity index is 973. The van der Waals surface area contributed by atoms with Gasteiger partial charge in [0.25, 0.3) is 0 Å². The van der Waals surface area contributed by atoms with Gasteiger partial charge in [-0.1, -0.05) is 117 Å². The smallest absolute Gasteiger partial charge is 0.0873 e. The van der Waals surface area contributed by atoms with E-state index in [4.69, 9.17) is 4.74 Å². The van der Waals surface area contributed by atoms with Gasteiger partial charge in [0.05, 0.1) is 12.2 Å². The second kappa shape index (κ2) is 10.9. The first-order chi connectivity index (χ1) is 15.2. The molecule has 0 fully saturated rings. The van der Waals surface area contributed by atoms with Gasteiger partial charge in [-0.05, 0) is 46.5 Å². The Balaban J connectivity index is 1.66. The molecule has 4 aromatic carbocycles. The molecule has 3 heteroatoms. The Kier molecular flexibility index (Phi) is 7.74. The molecular weight excluding hydrogens is 512 g/mol. The average molecular weight is 536 g/mol. The largest absolute Gasteiger partial charge is 0.365 e. The van der Waals surface area contributed by atoms with E-state index in [0.717, 1.165) is 21.8 Å². The minimum Gasteiger partial charge on any atom is -0.365 e. The molecule has 2 unspecified atom stereocenters. The zero-order valence-corrected chi connectivity index (χ0v) is 20.3.